The largest absolute Gasteiger partial charge is 0.356 e. The van der Waals surface area contributed by atoms with Gasteiger partial charge in [0.05, 0.1) is 0 Å². The van der Waals surface area contributed by atoms with Gasteiger partial charge in [-0.25, -0.2) is 0 Å². The highest BCUT2D eigenvalue weighted by atomic mass is 35.5. The van der Waals surface area contributed by atoms with E-state index in [-0.39, 0.29) is 0 Å². The average molecular weight is 1200 g/mol. The first-order valence-corrected chi connectivity index (χ1v) is 31.9. The first-order valence-electron chi connectivity index (χ1n) is 29.9. The van der Waals surface area contributed by atoms with Crippen molar-refractivity contribution in [1.82, 2.24) is 0 Å². The van der Waals surface area contributed by atoms with Gasteiger partial charge in [-0.3, -0.25) is 0 Å². The van der Waals surface area contributed by atoms with Crippen LogP contribution < -0.4 is 10.2 Å². The van der Waals surface area contributed by atoms with Crippen molar-refractivity contribution in [2.24, 2.45) is 0 Å². The fourth-order valence-corrected chi connectivity index (χ4v) is 13.8. The minimum Gasteiger partial charge on any atom is -0.356 e. The van der Waals surface area contributed by atoms with Gasteiger partial charge < -0.3 is 10.2 Å². The minimum absolute atomic E-state index is 0.774. The Labute approximate surface area is 533 Å². The molecular formula is C84H59ClN2S2. The zero-order valence-electron chi connectivity index (χ0n) is 48.6. The van der Waals surface area contributed by atoms with E-state index in [1.54, 1.807) is 0 Å². The number of thiophene rings is 2. The molecule has 2 nitrogen and oxygen atoms in total. The topological polar surface area (TPSA) is 15.3 Å². The maximum absolute atomic E-state index is 5.96. The fraction of sp³-hybridized carbons (Fsp3) is 0. The summed E-state index contributed by atoms with van der Waals surface area (Å²) < 4.78 is 5.35. The molecule has 0 bridgehead atoms. The van der Waals surface area contributed by atoms with Gasteiger partial charge in [-0.15, -0.1) is 22.7 Å². The average Bonchev–Trinajstić information content (AvgIpc) is 2.15. The molecule has 0 atom stereocenters. The molecule has 0 saturated carbocycles. The molecule has 0 aliphatic carbocycles. The third-order valence-electron chi connectivity index (χ3n) is 16.1. The van der Waals surface area contributed by atoms with Crippen molar-refractivity contribution in [2.75, 3.05) is 10.2 Å². The number of nitrogens with zero attached hydrogens (tertiary/aromatic N) is 1. The molecule has 5 heteroatoms. The Morgan fingerprint density at radius 1 is 0.213 bits per heavy atom. The maximum atomic E-state index is 5.96. The Kier molecular flexibility index (Phi) is 16.5. The summed E-state index contributed by atoms with van der Waals surface area (Å²) in [5.74, 6) is 0. The summed E-state index contributed by atoms with van der Waals surface area (Å²) in [6.45, 7) is 0. The predicted octanol–water partition coefficient (Wildman–Crippen LogP) is 25.7. The highest BCUT2D eigenvalue weighted by Gasteiger charge is 2.15. The van der Waals surface area contributed by atoms with Crippen LogP contribution in [0.4, 0.5) is 28.4 Å². The normalized spacial score (nSPS) is 11.0. The van der Waals surface area contributed by atoms with Crippen molar-refractivity contribution in [3.8, 4) is 66.8 Å². The summed E-state index contributed by atoms with van der Waals surface area (Å²) in [6.07, 6.45) is 0. The molecular weight excluding hydrogens is 1140 g/mol. The fourth-order valence-electron chi connectivity index (χ4n) is 11.5. The molecule has 0 unspecified atom stereocenters. The molecule has 89 heavy (non-hydrogen) atoms. The second-order valence-electron chi connectivity index (χ2n) is 21.8. The van der Waals surface area contributed by atoms with Crippen LogP contribution >= 0.6 is 34.3 Å². The second-order valence-corrected chi connectivity index (χ2v) is 24.4. The van der Waals surface area contributed by atoms with Crippen LogP contribution in [0.5, 0.6) is 0 Å². The van der Waals surface area contributed by atoms with Crippen LogP contribution in [0, 0.1) is 0 Å². The van der Waals surface area contributed by atoms with Crippen LogP contribution in [0.1, 0.15) is 0 Å². The number of halogens is 1. The maximum Gasteiger partial charge on any atom is 0.0462 e. The molecule has 16 rings (SSSR count). The lowest BCUT2D eigenvalue weighted by molar-refractivity contribution is 1.28. The Bertz CT molecular complexity index is 4970. The van der Waals surface area contributed by atoms with E-state index in [2.05, 4.69) is 326 Å². The SMILES string of the molecule is Clc1ccc(-c2ccc3sc4ccccc4c3c2)cc1.c1ccc(-c2ccc(-c3ccc(N(c4ccccc4)c4ccc(-c5ccc6sc7ccccc7c6c5)cc4)cc3)cc2)cc1.c1ccc(Nc2ccc(-c3ccc(-c4ccccc4)cc3)cc2)cc1. The summed E-state index contributed by atoms with van der Waals surface area (Å²) in [5, 5.41) is 9.51. The summed E-state index contributed by atoms with van der Waals surface area (Å²) in [5.41, 5.74) is 20.3. The van der Waals surface area contributed by atoms with E-state index in [1.165, 1.54) is 107 Å². The van der Waals surface area contributed by atoms with Gasteiger partial charge in [0.1, 0.15) is 0 Å². The Morgan fingerprint density at radius 2 is 0.483 bits per heavy atom. The summed E-state index contributed by atoms with van der Waals surface area (Å²) in [6, 6.07) is 124. The van der Waals surface area contributed by atoms with Gasteiger partial charge in [0.25, 0.3) is 0 Å². The molecule has 0 fully saturated rings. The van der Waals surface area contributed by atoms with Gasteiger partial charge in [-0.1, -0.05) is 254 Å². The molecule has 14 aromatic carbocycles. The molecule has 0 spiro atoms. The van der Waals surface area contributed by atoms with Crippen molar-refractivity contribution in [3.05, 3.63) is 357 Å². The molecule has 424 valence electrons. The number of anilines is 5. The van der Waals surface area contributed by atoms with E-state index in [4.69, 9.17) is 11.6 Å². The van der Waals surface area contributed by atoms with Crippen LogP contribution in [-0.4, -0.2) is 0 Å². The number of rotatable bonds is 11. The van der Waals surface area contributed by atoms with E-state index >= 15 is 0 Å². The van der Waals surface area contributed by atoms with Gasteiger partial charge in [0.2, 0.25) is 0 Å². The van der Waals surface area contributed by atoms with E-state index in [0.29, 0.717) is 0 Å². The van der Waals surface area contributed by atoms with Crippen LogP contribution in [0.15, 0.2) is 352 Å². The number of para-hydroxylation sites is 2. The van der Waals surface area contributed by atoms with Crippen LogP contribution in [-0.2, 0) is 0 Å². The van der Waals surface area contributed by atoms with Crippen molar-refractivity contribution >= 4 is 103 Å². The molecule has 0 aliphatic rings. The van der Waals surface area contributed by atoms with Crippen molar-refractivity contribution in [3.63, 3.8) is 0 Å². The second kappa shape index (κ2) is 26.2. The lowest BCUT2D eigenvalue weighted by Gasteiger charge is -2.26. The number of nitrogens with one attached hydrogen (secondary N) is 1. The van der Waals surface area contributed by atoms with Crippen molar-refractivity contribution in [2.45, 2.75) is 0 Å². The zero-order chi connectivity index (χ0) is 59.7. The minimum atomic E-state index is 0.774. The van der Waals surface area contributed by atoms with Gasteiger partial charge in [0.15, 0.2) is 0 Å². The molecule has 0 aliphatic heterocycles. The molecule has 2 heterocycles. The summed E-state index contributed by atoms with van der Waals surface area (Å²) in [4.78, 5) is 2.32. The number of hydrogen-bond donors (Lipinski definition) is 1. The summed E-state index contributed by atoms with van der Waals surface area (Å²) in [7, 11) is 0. The Balaban J connectivity index is 0.000000129. The zero-order valence-corrected chi connectivity index (χ0v) is 51.0. The smallest absolute Gasteiger partial charge is 0.0462 e. The lowest BCUT2D eigenvalue weighted by atomic mass is 10.00. The Morgan fingerprint density at radius 3 is 0.899 bits per heavy atom. The van der Waals surface area contributed by atoms with E-state index in [9.17, 15) is 0 Å². The summed E-state index contributed by atoms with van der Waals surface area (Å²) >= 11 is 9.66. The van der Waals surface area contributed by atoms with Crippen molar-refractivity contribution < 1.29 is 0 Å². The third kappa shape index (κ3) is 12.8. The molecule has 16 aromatic rings. The van der Waals surface area contributed by atoms with Crippen LogP contribution in [0.25, 0.3) is 107 Å². The Hall–Kier alpha value is -10.6. The molecule has 2 aromatic heterocycles. The number of benzene rings is 14. The lowest BCUT2D eigenvalue weighted by Crippen LogP contribution is -2.09. The van der Waals surface area contributed by atoms with E-state index in [1.807, 2.05) is 59.1 Å². The molecule has 0 radical (unpaired) electrons. The van der Waals surface area contributed by atoms with Crippen LogP contribution in [0.3, 0.4) is 0 Å². The van der Waals surface area contributed by atoms with Gasteiger partial charge in [-0.05, 0) is 176 Å². The first kappa shape index (κ1) is 56.2. The molecule has 0 saturated heterocycles. The predicted molar refractivity (Wildman–Crippen MR) is 387 cm³/mol. The number of hydrogen-bond acceptors (Lipinski definition) is 4. The highest BCUT2D eigenvalue weighted by molar-refractivity contribution is 7.26. The van der Waals surface area contributed by atoms with E-state index in [0.717, 1.165) is 33.5 Å². The first-order chi connectivity index (χ1) is 44.0. The monoisotopic (exact) mass is 1190 g/mol. The molecule has 1 N–H and O–H groups in total. The number of fused-ring (bicyclic) bond motifs is 6. The van der Waals surface area contributed by atoms with Gasteiger partial charge >= 0.3 is 0 Å². The van der Waals surface area contributed by atoms with Gasteiger partial charge in [-0.2, -0.15) is 0 Å². The highest BCUT2D eigenvalue weighted by Crippen LogP contribution is 2.41. The molecule has 0 amide bonds. The van der Waals surface area contributed by atoms with E-state index < -0.39 is 0 Å². The third-order valence-corrected chi connectivity index (χ3v) is 18.7. The van der Waals surface area contributed by atoms with Crippen LogP contribution in [0.2, 0.25) is 5.02 Å². The standard InChI is InChI=1S/C42H29NS.C24H19N.C18H11ClS/c1-3-9-30(10-4-1)31-15-17-32(18-16-31)33-19-24-37(25-20-33)43(36-11-5-2-6-12-36)38-26-21-34(22-27-38)35-23-28-42-40(29-35)39-13-7-8-14-41(39)44-42;1-3-7-19(8-4-1)20-11-13-21(14-12-20)22-15-17-24(18-16-22)25-23-9-5-2-6-10-23;19-14-8-5-12(6-9-14)13-7-10-18-16(11-13)15-3-1-2-4-17(15)20-18/h1-29H;1-18,25H;1-11H. The van der Waals surface area contributed by atoms with Crippen molar-refractivity contribution in [1.29, 1.82) is 0 Å². The quantitative estimate of drug-likeness (QED) is 0.139. The van der Waals surface area contributed by atoms with Gasteiger partial charge in [0, 0.05) is 73.8 Å².